The van der Waals surface area contributed by atoms with E-state index >= 15 is 0 Å². The van der Waals surface area contributed by atoms with E-state index in [2.05, 4.69) is 0 Å². The highest BCUT2D eigenvalue weighted by molar-refractivity contribution is 5.77. The van der Waals surface area contributed by atoms with Gasteiger partial charge in [0.05, 0.1) is 6.61 Å². The van der Waals surface area contributed by atoms with Gasteiger partial charge in [-0.05, 0) is 13.0 Å². The van der Waals surface area contributed by atoms with Crippen molar-refractivity contribution in [3.05, 3.63) is 0 Å². The van der Waals surface area contributed by atoms with Crippen LogP contribution < -0.4 is 5.73 Å². The number of ether oxygens (including phenoxy) is 2. The number of nitrogens with zero attached hydrogens (tertiary/aromatic N) is 1. The van der Waals surface area contributed by atoms with Gasteiger partial charge in [0.1, 0.15) is 6.61 Å². The SMILES string of the molecule is COCCN(CCCN)C(=O)COC. The van der Waals surface area contributed by atoms with E-state index in [9.17, 15) is 4.79 Å². The van der Waals surface area contributed by atoms with Gasteiger partial charge in [0.2, 0.25) is 5.91 Å². The summed E-state index contributed by atoms with van der Waals surface area (Å²) < 4.78 is 9.70. The first-order chi connectivity index (χ1) is 6.76. The van der Waals surface area contributed by atoms with Gasteiger partial charge < -0.3 is 20.1 Å². The van der Waals surface area contributed by atoms with Crippen LogP contribution >= 0.6 is 0 Å². The molecular formula is C9H20N2O3. The Morgan fingerprint density at radius 1 is 1.29 bits per heavy atom. The van der Waals surface area contributed by atoms with Crippen LogP contribution in [0.3, 0.4) is 0 Å². The first-order valence-electron chi connectivity index (χ1n) is 4.72. The first kappa shape index (κ1) is 13.4. The van der Waals surface area contributed by atoms with Crippen LogP contribution in [0.15, 0.2) is 0 Å². The number of hydrogen-bond acceptors (Lipinski definition) is 4. The largest absolute Gasteiger partial charge is 0.383 e. The van der Waals surface area contributed by atoms with Gasteiger partial charge in [-0.25, -0.2) is 0 Å². The van der Waals surface area contributed by atoms with Gasteiger partial charge in [0.15, 0.2) is 0 Å². The zero-order valence-corrected chi connectivity index (χ0v) is 8.99. The molecule has 0 heterocycles. The highest BCUT2D eigenvalue weighted by Gasteiger charge is 2.11. The first-order valence-corrected chi connectivity index (χ1v) is 4.72. The van der Waals surface area contributed by atoms with Crippen molar-refractivity contribution >= 4 is 5.91 Å². The van der Waals surface area contributed by atoms with Crippen LogP contribution in [-0.4, -0.2) is 57.9 Å². The summed E-state index contributed by atoms with van der Waals surface area (Å²) in [4.78, 5) is 13.2. The summed E-state index contributed by atoms with van der Waals surface area (Å²) >= 11 is 0. The van der Waals surface area contributed by atoms with Gasteiger partial charge in [-0.2, -0.15) is 0 Å². The maximum atomic E-state index is 11.5. The van der Waals surface area contributed by atoms with Crippen molar-refractivity contribution in [1.29, 1.82) is 0 Å². The molecule has 0 atom stereocenters. The summed E-state index contributed by atoms with van der Waals surface area (Å²) in [5.41, 5.74) is 5.38. The Morgan fingerprint density at radius 2 is 2.00 bits per heavy atom. The van der Waals surface area contributed by atoms with Crippen LogP contribution in [0.1, 0.15) is 6.42 Å². The van der Waals surface area contributed by atoms with Crippen LogP contribution in [0, 0.1) is 0 Å². The molecule has 0 unspecified atom stereocenters. The molecule has 2 N–H and O–H groups in total. The summed E-state index contributed by atoms with van der Waals surface area (Å²) in [5.74, 6) is -0.0157. The molecule has 0 aromatic heterocycles. The molecule has 0 fully saturated rings. The van der Waals surface area contributed by atoms with Crippen molar-refractivity contribution < 1.29 is 14.3 Å². The van der Waals surface area contributed by atoms with Gasteiger partial charge in [-0.3, -0.25) is 4.79 Å². The molecule has 84 valence electrons. The second-order valence-electron chi connectivity index (χ2n) is 2.95. The molecule has 5 nitrogen and oxygen atoms in total. The third-order valence-corrected chi connectivity index (χ3v) is 1.82. The molecule has 14 heavy (non-hydrogen) atoms. The van der Waals surface area contributed by atoms with Gasteiger partial charge in [-0.15, -0.1) is 0 Å². The Labute approximate surface area is 85.1 Å². The van der Waals surface area contributed by atoms with Crippen molar-refractivity contribution in [1.82, 2.24) is 4.90 Å². The number of amides is 1. The van der Waals surface area contributed by atoms with Gasteiger partial charge in [-0.1, -0.05) is 0 Å². The lowest BCUT2D eigenvalue weighted by atomic mass is 10.3. The maximum absolute atomic E-state index is 11.5. The second-order valence-corrected chi connectivity index (χ2v) is 2.95. The minimum Gasteiger partial charge on any atom is -0.383 e. The molecule has 0 aromatic rings. The topological polar surface area (TPSA) is 64.8 Å². The lowest BCUT2D eigenvalue weighted by molar-refractivity contribution is -0.135. The molecule has 0 aromatic carbocycles. The lowest BCUT2D eigenvalue weighted by Crippen LogP contribution is -2.37. The standard InChI is InChI=1S/C9H20N2O3/c1-13-7-6-11(5-3-4-10)9(12)8-14-2/h3-8,10H2,1-2H3. The lowest BCUT2D eigenvalue weighted by Gasteiger charge is -2.21. The van der Waals surface area contributed by atoms with Gasteiger partial charge in [0, 0.05) is 27.3 Å². The highest BCUT2D eigenvalue weighted by Crippen LogP contribution is 1.93. The summed E-state index contributed by atoms with van der Waals surface area (Å²) in [5, 5.41) is 0. The maximum Gasteiger partial charge on any atom is 0.248 e. The molecule has 0 bridgehead atoms. The van der Waals surface area contributed by atoms with Crippen LogP contribution in [0.25, 0.3) is 0 Å². The molecule has 0 aliphatic heterocycles. The summed E-state index contributed by atoms with van der Waals surface area (Å²) in [6.45, 7) is 2.51. The molecule has 0 aliphatic rings. The zero-order valence-electron chi connectivity index (χ0n) is 8.99. The van der Waals surface area contributed by atoms with Gasteiger partial charge in [0.25, 0.3) is 0 Å². The Balaban J connectivity index is 3.88. The van der Waals surface area contributed by atoms with E-state index in [0.717, 1.165) is 6.42 Å². The predicted molar refractivity (Wildman–Crippen MR) is 54.0 cm³/mol. The van der Waals surface area contributed by atoms with E-state index in [1.54, 1.807) is 12.0 Å². The number of carbonyl (C=O) groups is 1. The molecule has 1 amide bonds. The average molecular weight is 204 g/mol. The summed E-state index contributed by atoms with van der Waals surface area (Å²) in [6.07, 6.45) is 0.805. The Bertz CT molecular complexity index is 145. The molecular weight excluding hydrogens is 184 g/mol. The van der Waals surface area contributed by atoms with E-state index in [1.807, 2.05) is 0 Å². The quantitative estimate of drug-likeness (QED) is 0.576. The molecule has 5 heteroatoms. The highest BCUT2D eigenvalue weighted by atomic mass is 16.5. The van der Waals surface area contributed by atoms with E-state index in [0.29, 0.717) is 26.2 Å². The zero-order chi connectivity index (χ0) is 10.8. The fourth-order valence-electron chi connectivity index (χ4n) is 1.06. The summed E-state index contributed by atoms with van der Waals surface area (Å²) in [7, 11) is 3.12. The van der Waals surface area contributed by atoms with E-state index < -0.39 is 0 Å². The third-order valence-electron chi connectivity index (χ3n) is 1.82. The molecule has 0 rings (SSSR count). The smallest absolute Gasteiger partial charge is 0.248 e. The molecule has 0 saturated heterocycles. The molecule has 0 aliphatic carbocycles. The van der Waals surface area contributed by atoms with E-state index in [4.69, 9.17) is 15.2 Å². The Kier molecular flexibility index (Phi) is 8.51. The molecule has 0 saturated carbocycles. The Morgan fingerprint density at radius 3 is 2.50 bits per heavy atom. The number of hydrogen-bond donors (Lipinski definition) is 1. The summed E-state index contributed by atoms with van der Waals surface area (Å²) in [6, 6.07) is 0. The number of nitrogens with two attached hydrogens (primary N) is 1. The van der Waals surface area contributed by atoms with E-state index in [-0.39, 0.29) is 12.5 Å². The van der Waals surface area contributed by atoms with Crippen molar-refractivity contribution in [3.63, 3.8) is 0 Å². The molecule has 0 radical (unpaired) electrons. The van der Waals surface area contributed by atoms with Crippen molar-refractivity contribution in [2.75, 3.05) is 47.1 Å². The minimum absolute atomic E-state index is 0.0157. The van der Waals surface area contributed by atoms with Crippen molar-refractivity contribution in [3.8, 4) is 0 Å². The normalized spacial score (nSPS) is 10.2. The number of carbonyl (C=O) groups excluding carboxylic acids is 1. The van der Waals surface area contributed by atoms with Crippen molar-refractivity contribution in [2.45, 2.75) is 6.42 Å². The third kappa shape index (κ3) is 5.90. The monoisotopic (exact) mass is 204 g/mol. The van der Waals surface area contributed by atoms with Gasteiger partial charge >= 0.3 is 0 Å². The number of methoxy groups -OCH3 is 2. The average Bonchev–Trinajstić information content (AvgIpc) is 2.18. The van der Waals surface area contributed by atoms with Crippen LogP contribution in [0.4, 0.5) is 0 Å². The second kappa shape index (κ2) is 8.93. The minimum atomic E-state index is -0.0157. The van der Waals surface area contributed by atoms with Crippen LogP contribution in [0.5, 0.6) is 0 Å². The van der Waals surface area contributed by atoms with Crippen LogP contribution in [0.2, 0.25) is 0 Å². The van der Waals surface area contributed by atoms with E-state index in [1.165, 1.54) is 7.11 Å². The van der Waals surface area contributed by atoms with Crippen molar-refractivity contribution in [2.24, 2.45) is 5.73 Å². The Hall–Kier alpha value is -0.650. The fourth-order valence-corrected chi connectivity index (χ4v) is 1.06. The fraction of sp³-hybridized carbons (Fsp3) is 0.889. The number of rotatable bonds is 8. The van der Waals surface area contributed by atoms with Crippen LogP contribution in [-0.2, 0) is 14.3 Å². The predicted octanol–water partition coefficient (Wildman–Crippen LogP) is -0.543. The molecule has 0 spiro atoms.